The normalized spacial score (nSPS) is 10.8. The van der Waals surface area contributed by atoms with Crippen LogP contribution in [0.5, 0.6) is 0 Å². The number of halogens is 2. The molecule has 0 amide bonds. The molecular formula is C23H17Cl2N. The Kier molecular flexibility index (Phi) is 4.83. The maximum absolute atomic E-state index is 6.85. The fourth-order valence-corrected chi connectivity index (χ4v) is 3.94. The maximum atomic E-state index is 6.85. The lowest BCUT2D eigenvalue weighted by atomic mass is 9.99. The van der Waals surface area contributed by atoms with Crippen LogP contribution in [0, 0.1) is 0 Å². The predicted molar refractivity (Wildman–Crippen MR) is 111 cm³/mol. The SMILES string of the molecule is Clc1c(-c2ccccc2)c(-c2ccccc2)c(Cl)n1Cc1ccccc1. The monoisotopic (exact) mass is 377 g/mol. The largest absolute Gasteiger partial charge is 0.317 e. The number of aromatic nitrogens is 1. The van der Waals surface area contributed by atoms with Gasteiger partial charge in [0.2, 0.25) is 0 Å². The summed E-state index contributed by atoms with van der Waals surface area (Å²) in [5.74, 6) is 0. The molecule has 3 heteroatoms. The van der Waals surface area contributed by atoms with Crippen LogP contribution in [0.15, 0.2) is 91.0 Å². The van der Waals surface area contributed by atoms with Crippen LogP contribution in [0.4, 0.5) is 0 Å². The fraction of sp³-hybridized carbons (Fsp3) is 0.0435. The second-order valence-electron chi connectivity index (χ2n) is 6.14. The summed E-state index contributed by atoms with van der Waals surface area (Å²) >= 11 is 13.7. The first kappa shape index (κ1) is 17.0. The van der Waals surface area contributed by atoms with E-state index in [2.05, 4.69) is 36.4 Å². The van der Waals surface area contributed by atoms with Crippen molar-refractivity contribution in [2.75, 3.05) is 0 Å². The van der Waals surface area contributed by atoms with Crippen molar-refractivity contribution >= 4 is 23.2 Å². The van der Waals surface area contributed by atoms with E-state index in [1.54, 1.807) is 0 Å². The third kappa shape index (κ3) is 3.16. The van der Waals surface area contributed by atoms with E-state index < -0.39 is 0 Å². The quantitative estimate of drug-likeness (QED) is 0.355. The van der Waals surface area contributed by atoms with Gasteiger partial charge in [0.15, 0.2) is 0 Å². The van der Waals surface area contributed by atoms with Crippen LogP contribution in [0.3, 0.4) is 0 Å². The average molecular weight is 378 g/mol. The Hall–Kier alpha value is -2.48. The first-order chi connectivity index (χ1) is 12.8. The molecule has 26 heavy (non-hydrogen) atoms. The topological polar surface area (TPSA) is 4.93 Å². The number of nitrogens with zero attached hydrogens (tertiary/aromatic N) is 1. The van der Waals surface area contributed by atoms with Gasteiger partial charge in [-0.3, -0.25) is 0 Å². The zero-order chi connectivity index (χ0) is 17.9. The van der Waals surface area contributed by atoms with E-state index in [1.165, 1.54) is 0 Å². The van der Waals surface area contributed by atoms with E-state index in [1.807, 2.05) is 59.2 Å². The van der Waals surface area contributed by atoms with E-state index in [-0.39, 0.29) is 0 Å². The highest BCUT2D eigenvalue weighted by atomic mass is 35.5. The summed E-state index contributed by atoms with van der Waals surface area (Å²) in [6, 6.07) is 30.6. The van der Waals surface area contributed by atoms with Gasteiger partial charge in [0.25, 0.3) is 0 Å². The summed E-state index contributed by atoms with van der Waals surface area (Å²) < 4.78 is 1.98. The molecule has 0 N–H and O–H groups in total. The maximum Gasteiger partial charge on any atom is 0.118 e. The van der Waals surface area contributed by atoms with Gasteiger partial charge in [-0.15, -0.1) is 0 Å². The van der Waals surface area contributed by atoms with Crippen LogP contribution in [0.1, 0.15) is 5.56 Å². The van der Waals surface area contributed by atoms with E-state index in [0.29, 0.717) is 16.9 Å². The molecule has 0 fully saturated rings. The Morgan fingerprint density at radius 3 is 1.35 bits per heavy atom. The van der Waals surface area contributed by atoms with Crippen molar-refractivity contribution in [3.05, 3.63) is 107 Å². The lowest BCUT2D eigenvalue weighted by Gasteiger charge is -2.07. The molecule has 3 aromatic carbocycles. The second kappa shape index (κ2) is 7.41. The van der Waals surface area contributed by atoms with Crippen LogP contribution in [-0.2, 0) is 6.54 Å². The third-order valence-electron chi connectivity index (χ3n) is 4.44. The highest BCUT2D eigenvalue weighted by molar-refractivity contribution is 6.39. The van der Waals surface area contributed by atoms with Gasteiger partial charge >= 0.3 is 0 Å². The van der Waals surface area contributed by atoms with Crippen molar-refractivity contribution in [2.24, 2.45) is 0 Å². The molecule has 0 atom stereocenters. The van der Waals surface area contributed by atoms with E-state index in [9.17, 15) is 0 Å². The molecule has 0 aliphatic heterocycles. The Bertz CT molecular complexity index is 944. The average Bonchev–Trinajstić information content (AvgIpc) is 2.95. The van der Waals surface area contributed by atoms with Crippen molar-refractivity contribution < 1.29 is 0 Å². The van der Waals surface area contributed by atoms with Gasteiger partial charge in [-0.1, -0.05) is 114 Å². The van der Waals surface area contributed by atoms with Crippen molar-refractivity contribution in [3.8, 4) is 22.3 Å². The number of hydrogen-bond acceptors (Lipinski definition) is 0. The molecule has 0 aliphatic rings. The van der Waals surface area contributed by atoms with Gasteiger partial charge < -0.3 is 4.57 Å². The van der Waals surface area contributed by atoms with E-state index in [0.717, 1.165) is 27.8 Å². The zero-order valence-corrected chi connectivity index (χ0v) is 15.6. The Balaban J connectivity index is 1.93. The molecular weight excluding hydrogens is 361 g/mol. The molecule has 0 spiro atoms. The van der Waals surface area contributed by atoms with Crippen LogP contribution in [0.2, 0.25) is 10.3 Å². The summed E-state index contributed by atoms with van der Waals surface area (Å²) in [6.07, 6.45) is 0. The minimum atomic E-state index is 0.630. The van der Waals surface area contributed by atoms with Crippen molar-refractivity contribution in [1.29, 1.82) is 0 Å². The summed E-state index contributed by atoms with van der Waals surface area (Å²) in [5, 5.41) is 1.31. The number of benzene rings is 3. The van der Waals surface area contributed by atoms with Gasteiger partial charge in [-0.25, -0.2) is 0 Å². The van der Waals surface area contributed by atoms with Crippen LogP contribution >= 0.6 is 23.2 Å². The summed E-state index contributed by atoms with van der Waals surface area (Å²) in [5.41, 5.74) is 5.22. The Labute approximate surface area is 163 Å². The lowest BCUT2D eigenvalue weighted by molar-refractivity contribution is 0.809. The molecule has 0 radical (unpaired) electrons. The molecule has 0 unspecified atom stereocenters. The molecule has 128 valence electrons. The lowest BCUT2D eigenvalue weighted by Crippen LogP contribution is -1.99. The molecule has 1 aromatic heterocycles. The second-order valence-corrected chi connectivity index (χ2v) is 6.85. The van der Waals surface area contributed by atoms with Gasteiger partial charge in [0.1, 0.15) is 10.3 Å². The van der Waals surface area contributed by atoms with Crippen LogP contribution < -0.4 is 0 Å². The number of hydrogen-bond donors (Lipinski definition) is 0. The van der Waals surface area contributed by atoms with E-state index in [4.69, 9.17) is 23.2 Å². The molecule has 1 nitrogen and oxygen atoms in total. The highest BCUT2D eigenvalue weighted by Crippen LogP contribution is 2.45. The minimum Gasteiger partial charge on any atom is -0.317 e. The minimum absolute atomic E-state index is 0.630. The predicted octanol–water partition coefficient (Wildman–Crippen LogP) is 7.18. The summed E-state index contributed by atoms with van der Waals surface area (Å²) in [4.78, 5) is 0. The molecule has 0 bridgehead atoms. The van der Waals surface area contributed by atoms with Crippen molar-refractivity contribution in [2.45, 2.75) is 6.54 Å². The van der Waals surface area contributed by atoms with Gasteiger partial charge in [0, 0.05) is 17.7 Å². The highest BCUT2D eigenvalue weighted by Gasteiger charge is 2.23. The Morgan fingerprint density at radius 2 is 0.923 bits per heavy atom. The van der Waals surface area contributed by atoms with Crippen molar-refractivity contribution in [1.82, 2.24) is 4.57 Å². The molecule has 0 aliphatic carbocycles. The standard InChI is InChI=1S/C23H17Cl2N/c24-22-20(18-12-6-2-7-13-18)21(19-14-8-3-9-15-19)23(25)26(22)16-17-10-4-1-5-11-17/h1-15H,16H2. The fourth-order valence-electron chi connectivity index (χ4n) is 3.20. The number of rotatable bonds is 4. The Morgan fingerprint density at radius 1 is 0.538 bits per heavy atom. The molecule has 0 saturated carbocycles. The van der Waals surface area contributed by atoms with Gasteiger partial charge in [-0.2, -0.15) is 0 Å². The smallest absolute Gasteiger partial charge is 0.118 e. The van der Waals surface area contributed by atoms with E-state index >= 15 is 0 Å². The molecule has 4 aromatic rings. The first-order valence-electron chi connectivity index (χ1n) is 8.48. The third-order valence-corrected chi connectivity index (χ3v) is 5.23. The molecule has 0 saturated heterocycles. The summed E-state index contributed by atoms with van der Waals surface area (Å²) in [6.45, 7) is 0.630. The van der Waals surface area contributed by atoms with Gasteiger partial charge in [0.05, 0.1) is 0 Å². The van der Waals surface area contributed by atoms with Crippen molar-refractivity contribution in [3.63, 3.8) is 0 Å². The van der Waals surface area contributed by atoms with Crippen LogP contribution in [-0.4, -0.2) is 4.57 Å². The molecule has 4 rings (SSSR count). The van der Waals surface area contributed by atoms with Gasteiger partial charge in [-0.05, 0) is 16.7 Å². The zero-order valence-electron chi connectivity index (χ0n) is 14.1. The summed E-state index contributed by atoms with van der Waals surface area (Å²) in [7, 11) is 0. The van der Waals surface area contributed by atoms with Crippen LogP contribution in [0.25, 0.3) is 22.3 Å². The molecule has 1 heterocycles. The first-order valence-corrected chi connectivity index (χ1v) is 9.23.